The first-order valence-corrected chi connectivity index (χ1v) is 7.20. The molecule has 20 heavy (non-hydrogen) atoms. The monoisotopic (exact) mass is 297 g/mol. The number of nitrogens with one attached hydrogen (secondary N) is 1. The molecule has 0 saturated carbocycles. The summed E-state index contributed by atoms with van der Waals surface area (Å²) < 4.78 is 16.8. The van der Waals surface area contributed by atoms with E-state index in [0.29, 0.717) is 10.8 Å². The van der Waals surface area contributed by atoms with E-state index in [1.165, 1.54) is 0 Å². The lowest BCUT2D eigenvalue weighted by atomic mass is 9.94. The first-order valence-electron chi connectivity index (χ1n) is 6.83. The van der Waals surface area contributed by atoms with Gasteiger partial charge >= 0.3 is 0 Å². The third kappa shape index (κ3) is 2.42. The first-order chi connectivity index (χ1) is 9.27. The van der Waals surface area contributed by atoms with E-state index < -0.39 is 0 Å². The van der Waals surface area contributed by atoms with Gasteiger partial charge in [-0.25, -0.2) is 0 Å². The highest BCUT2D eigenvalue weighted by Crippen LogP contribution is 2.43. The minimum Gasteiger partial charge on any atom is -0.454 e. The van der Waals surface area contributed by atoms with Crippen molar-refractivity contribution in [1.29, 1.82) is 0 Å². The highest BCUT2D eigenvalue weighted by atomic mass is 35.5. The molecule has 5 heteroatoms. The summed E-state index contributed by atoms with van der Waals surface area (Å²) in [6, 6.07) is 3.88. The van der Waals surface area contributed by atoms with E-state index in [1.54, 1.807) is 6.07 Å². The Bertz CT molecular complexity index is 542. The quantitative estimate of drug-likeness (QED) is 0.900. The maximum absolute atomic E-state index is 6.31. The largest absolute Gasteiger partial charge is 0.454 e. The van der Waals surface area contributed by atoms with Crippen LogP contribution in [-0.2, 0) is 4.74 Å². The van der Waals surface area contributed by atoms with Crippen LogP contribution in [-0.4, -0.2) is 24.0 Å². The molecule has 2 aliphatic heterocycles. The Kier molecular flexibility index (Phi) is 3.07. The van der Waals surface area contributed by atoms with Crippen LogP contribution in [0.2, 0.25) is 5.02 Å². The lowest BCUT2D eigenvalue weighted by molar-refractivity contribution is -0.0662. The minimum absolute atomic E-state index is 0.135. The fourth-order valence-electron chi connectivity index (χ4n) is 3.00. The van der Waals surface area contributed by atoms with Crippen molar-refractivity contribution in [2.24, 2.45) is 0 Å². The summed E-state index contributed by atoms with van der Waals surface area (Å²) in [4.78, 5) is 0. The van der Waals surface area contributed by atoms with Crippen molar-refractivity contribution < 1.29 is 14.2 Å². The van der Waals surface area contributed by atoms with Crippen molar-refractivity contribution in [3.05, 3.63) is 17.2 Å². The fraction of sp³-hybridized carbons (Fsp3) is 0.600. The summed E-state index contributed by atoms with van der Waals surface area (Å²) in [5.41, 5.74) is 0.475. The van der Waals surface area contributed by atoms with Gasteiger partial charge in [0.05, 0.1) is 28.0 Å². The Labute approximate surface area is 124 Å². The van der Waals surface area contributed by atoms with Gasteiger partial charge in [-0.1, -0.05) is 11.6 Å². The molecule has 1 fully saturated rings. The van der Waals surface area contributed by atoms with Gasteiger partial charge in [0.2, 0.25) is 6.79 Å². The number of benzene rings is 1. The van der Waals surface area contributed by atoms with Gasteiger partial charge < -0.3 is 19.5 Å². The smallest absolute Gasteiger partial charge is 0.231 e. The van der Waals surface area contributed by atoms with Crippen molar-refractivity contribution in [3.63, 3.8) is 0 Å². The van der Waals surface area contributed by atoms with Crippen molar-refractivity contribution in [2.45, 2.75) is 51.4 Å². The molecule has 110 valence electrons. The van der Waals surface area contributed by atoms with Gasteiger partial charge in [-0.3, -0.25) is 0 Å². The summed E-state index contributed by atoms with van der Waals surface area (Å²) in [6.07, 6.45) is 0.921. The molecule has 0 amide bonds. The molecule has 0 bridgehead atoms. The van der Waals surface area contributed by atoms with Crippen LogP contribution in [0.25, 0.3) is 0 Å². The average Bonchev–Trinajstić information content (AvgIpc) is 2.80. The molecule has 2 aliphatic rings. The molecule has 1 N–H and O–H groups in total. The lowest BCUT2D eigenvalue weighted by Crippen LogP contribution is -2.38. The van der Waals surface area contributed by atoms with Gasteiger partial charge in [0.25, 0.3) is 0 Å². The lowest BCUT2D eigenvalue weighted by Gasteiger charge is -2.28. The Balaban J connectivity index is 1.85. The van der Waals surface area contributed by atoms with Crippen LogP contribution in [0.15, 0.2) is 12.1 Å². The second-order valence-corrected chi connectivity index (χ2v) is 6.96. The van der Waals surface area contributed by atoms with Crippen LogP contribution in [0.5, 0.6) is 11.5 Å². The van der Waals surface area contributed by atoms with Crippen LogP contribution in [0.4, 0.5) is 5.69 Å². The molecule has 1 unspecified atom stereocenters. The van der Waals surface area contributed by atoms with Crippen LogP contribution < -0.4 is 14.8 Å². The molecule has 4 nitrogen and oxygen atoms in total. The third-order valence-electron chi connectivity index (χ3n) is 3.87. The molecule has 0 aromatic heterocycles. The predicted octanol–water partition coefficient (Wildman–Crippen LogP) is 3.83. The standard InChI is InChI=1S/C15H20ClNO3/c1-14(2)7-13(15(3,4)20-14)17-10-6-12-11(5-9(10)16)18-8-19-12/h5-6,13,17H,7-8H2,1-4H3. The number of fused-ring (bicyclic) bond motifs is 1. The summed E-state index contributed by atoms with van der Waals surface area (Å²) >= 11 is 6.31. The summed E-state index contributed by atoms with van der Waals surface area (Å²) in [5.74, 6) is 1.43. The summed E-state index contributed by atoms with van der Waals surface area (Å²) in [5, 5.41) is 4.13. The van der Waals surface area contributed by atoms with Crippen LogP contribution in [0.3, 0.4) is 0 Å². The van der Waals surface area contributed by atoms with E-state index >= 15 is 0 Å². The Morgan fingerprint density at radius 2 is 1.80 bits per heavy atom. The van der Waals surface area contributed by atoms with Crippen LogP contribution in [0.1, 0.15) is 34.1 Å². The molecule has 1 aromatic carbocycles. The first kappa shape index (κ1) is 13.8. The Morgan fingerprint density at radius 3 is 2.40 bits per heavy atom. The Hall–Kier alpha value is -1.13. The molecule has 1 aromatic rings. The van der Waals surface area contributed by atoms with Crippen LogP contribution in [0, 0.1) is 0 Å². The zero-order valence-corrected chi connectivity index (χ0v) is 13.0. The topological polar surface area (TPSA) is 39.7 Å². The van der Waals surface area contributed by atoms with Gasteiger partial charge in [-0.2, -0.15) is 0 Å². The van der Waals surface area contributed by atoms with Gasteiger partial charge in [0, 0.05) is 12.1 Å². The van der Waals surface area contributed by atoms with Gasteiger partial charge in [0.15, 0.2) is 11.5 Å². The second-order valence-electron chi connectivity index (χ2n) is 6.55. The number of rotatable bonds is 2. The molecular formula is C15H20ClNO3. The zero-order valence-electron chi connectivity index (χ0n) is 12.2. The maximum atomic E-state index is 6.31. The van der Waals surface area contributed by atoms with Gasteiger partial charge in [-0.15, -0.1) is 0 Å². The molecule has 3 rings (SSSR count). The molecular weight excluding hydrogens is 278 g/mol. The van der Waals surface area contributed by atoms with E-state index in [4.69, 9.17) is 25.8 Å². The fourth-order valence-corrected chi connectivity index (χ4v) is 3.21. The zero-order chi connectivity index (χ0) is 14.5. The van der Waals surface area contributed by atoms with Crippen molar-refractivity contribution in [1.82, 2.24) is 0 Å². The average molecular weight is 298 g/mol. The van der Waals surface area contributed by atoms with Gasteiger partial charge in [0.1, 0.15) is 0 Å². The minimum atomic E-state index is -0.247. The van der Waals surface area contributed by atoms with E-state index in [2.05, 4.69) is 33.0 Å². The summed E-state index contributed by atoms with van der Waals surface area (Å²) in [7, 11) is 0. The number of halogens is 1. The summed E-state index contributed by atoms with van der Waals surface area (Å²) in [6.45, 7) is 8.66. The van der Waals surface area contributed by atoms with E-state index in [-0.39, 0.29) is 24.0 Å². The molecule has 0 aliphatic carbocycles. The van der Waals surface area contributed by atoms with E-state index in [0.717, 1.165) is 17.9 Å². The van der Waals surface area contributed by atoms with E-state index in [1.807, 2.05) is 6.07 Å². The maximum Gasteiger partial charge on any atom is 0.231 e. The highest BCUT2D eigenvalue weighted by Gasteiger charge is 2.46. The SMILES string of the molecule is CC1(C)CC(Nc2cc3c(cc2Cl)OCO3)C(C)(C)O1. The molecule has 1 atom stereocenters. The van der Waals surface area contributed by atoms with Crippen molar-refractivity contribution in [3.8, 4) is 11.5 Å². The predicted molar refractivity (Wildman–Crippen MR) is 78.8 cm³/mol. The molecule has 0 spiro atoms. The van der Waals surface area contributed by atoms with Crippen LogP contribution >= 0.6 is 11.6 Å². The van der Waals surface area contributed by atoms with Gasteiger partial charge in [-0.05, 0) is 34.1 Å². The third-order valence-corrected chi connectivity index (χ3v) is 4.18. The van der Waals surface area contributed by atoms with E-state index in [9.17, 15) is 0 Å². The number of anilines is 1. The highest BCUT2D eigenvalue weighted by molar-refractivity contribution is 6.33. The van der Waals surface area contributed by atoms with Crippen molar-refractivity contribution >= 4 is 17.3 Å². The second kappa shape index (κ2) is 4.43. The number of hydrogen-bond acceptors (Lipinski definition) is 4. The number of ether oxygens (including phenoxy) is 3. The Morgan fingerprint density at radius 1 is 1.15 bits per heavy atom. The molecule has 1 saturated heterocycles. The molecule has 0 radical (unpaired) electrons. The number of hydrogen-bond donors (Lipinski definition) is 1. The van der Waals surface area contributed by atoms with Crippen molar-refractivity contribution in [2.75, 3.05) is 12.1 Å². The molecule has 2 heterocycles. The normalized spacial score (nSPS) is 25.8.